The number of nitrogens with two attached hydrogens (primary N) is 1. The minimum atomic E-state index is -0.696. The quantitative estimate of drug-likeness (QED) is 0.648. The molecule has 1 heterocycles. The van der Waals surface area contributed by atoms with E-state index in [0.717, 1.165) is 12.4 Å². The van der Waals surface area contributed by atoms with Crippen LogP contribution in [-0.2, 0) is 0 Å². The summed E-state index contributed by atoms with van der Waals surface area (Å²) in [6.07, 6.45) is 1.09. The van der Waals surface area contributed by atoms with Crippen molar-refractivity contribution in [2.75, 3.05) is 18.2 Å². The van der Waals surface area contributed by atoms with E-state index in [-0.39, 0.29) is 17.4 Å². The summed E-state index contributed by atoms with van der Waals surface area (Å²) < 4.78 is 18.1. The lowest BCUT2D eigenvalue weighted by atomic mass is 10.3. The molecule has 104 valence electrons. The molecule has 1 aromatic carbocycles. The molecule has 0 atom stereocenters. The van der Waals surface area contributed by atoms with Gasteiger partial charge in [-0.3, -0.25) is 10.1 Å². The lowest BCUT2D eigenvalue weighted by Gasteiger charge is -2.08. The minimum absolute atomic E-state index is 0.000295. The first kappa shape index (κ1) is 13.5. The number of halogens is 1. The summed E-state index contributed by atoms with van der Waals surface area (Å²) in [5.74, 6) is -0.896. The Hall–Kier alpha value is -2.97. The van der Waals surface area contributed by atoms with Crippen molar-refractivity contribution >= 4 is 23.0 Å². The van der Waals surface area contributed by atoms with Crippen molar-refractivity contribution in [2.24, 2.45) is 0 Å². The lowest BCUT2D eigenvalue weighted by Crippen LogP contribution is -2.05. The topological polar surface area (TPSA) is 116 Å². The van der Waals surface area contributed by atoms with E-state index in [1.165, 1.54) is 19.2 Å². The van der Waals surface area contributed by atoms with Gasteiger partial charge in [-0.15, -0.1) is 0 Å². The van der Waals surface area contributed by atoms with E-state index in [1.54, 1.807) is 0 Å². The summed E-state index contributed by atoms with van der Waals surface area (Å²) in [6, 6.07) is 3.90. The lowest BCUT2D eigenvalue weighted by molar-refractivity contribution is -0.383. The number of aromatic nitrogens is 2. The third kappa shape index (κ3) is 2.55. The first-order chi connectivity index (χ1) is 9.52. The molecule has 1 aromatic heterocycles. The Kier molecular flexibility index (Phi) is 3.60. The van der Waals surface area contributed by atoms with E-state index in [1.807, 2.05) is 0 Å². The number of hydrogen-bond acceptors (Lipinski definition) is 7. The van der Waals surface area contributed by atoms with Crippen LogP contribution in [0.25, 0.3) is 0 Å². The highest BCUT2D eigenvalue weighted by Crippen LogP contribution is 2.30. The number of nitro groups is 1. The van der Waals surface area contributed by atoms with E-state index >= 15 is 0 Å². The number of nitrogens with one attached hydrogen (secondary N) is 1. The predicted molar refractivity (Wildman–Crippen MR) is 69.3 cm³/mol. The Balaban J connectivity index is 2.40. The van der Waals surface area contributed by atoms with Crippen LogP contribution in [-0.4, -0.2) is 22.0 Å². The fourth-order valence-electron chi connectivity index (χ4n) is 1.54. The first-order valence-electron chi connectivity index (χ1n) is 5.38. The summed E-state index contributed by atoms with van der Waals surface area (Å²) >= 11 is 0. The van der Waals surface area contributed by atoms with Gasteiger partial charge >= 0.3 is 5.69 Å². The molecular weight excluding hydrogens is 269 g/mol. The maximum absolute atomic E-state index is 13.3. The normalized spacial score (nSPS) is 10.1. The molecule has 9 heteroatoms. The molecule has 2 aromatic rings. The number of hydrogen-bond donors (Lipinski definition) is 2. The Morgan fingerprint density at radius 1 is 1.45 bits per heavy atom. The van der Waals surface area contributed by atoms with Gasteiger partial charge in [0, 0.05) is 11.8 Å². The molecular formula is C11H10FN5O3. The molecule has 0 aliphatic heterocycles. The zero-order valence-electron chi connectivity index (χ0n) is 10.3. The summed E-state index contributed by atoms with van der Waals surface area (Å²) in [5, 5.41) is 13.6. The predicted octanol–water partition coefficient (Wildman–Crippen LogP) is 1.86. The fourth-order valence-corrected chi connectivity index (χ4v) is 1.54. The molecule has 0 unspecified atom stereocenters. The smallest absolute Gasteiger partial charge is 0.353 e. The van der Waals surface area contributed by atoms with Crippen LogP contribution >= 0.6 is 0 Å². The maximum atomic E-state index is 13.3. The molecule has 0 aliphatic carbocycles. The first-order valence-corrected chi connectivity index (χ1v) is 5.38. The van der Waals surface area contributed by atoms with Gasteiger partial charge in [-0.25, -0.2) is 14.4 Å². The van der Waals surface area contributed by atoms with Crippen molar-refractivity contribution < 1.29 is 14.1 Å². The van der Waals surface area contributed by atoms with Gasteiger partial charge in [0.15, 0.2) is 11.6 Å². The van der Waals surface area contributed by atoms with Gasteiger partial charge in [-0.05, 0) is 12.1 Å². The molecule has 0 saturated carbocycles. The maximum Gasteiger partial charge on any atom is 0.353 e. The number of anilines is 3. The van der Waals surface area contributed by atoms with Crippen molar-refractivity contribution in [3.8, 4) is 5.75 Å². The average molecular weight is 279 g/mol. The molecule has 20 heavy (non-hydrogen) atoms. The number of nitrogens with zero attached hydrogens (tertiary/aromatic N) is 3. The van der Waals surface area contributed by atoms with Crippen LogP contribution in [0.5, 0.6) is 5.75 Å². The number of rotatable bonds is 4. The second kappa shape index (κ2) is 5.34. The summed E-state index contributed by atoms with van der Waals surface area (Å²) in [4.78, 5) is 17.5. The monoisotopic (exact) mass is 279 g/mol. The van der Waals surface area contributed by atoms with Gasteiger partial charge in [0.2, 0.25) is 11.6 Å². The summed E-state index contributed by atoms with van der Waals surface area (Å²) in [7, 11) is 1.31. The van der Waals surface area contributed by atoms with Crippen molar-refractivity contribution in [3.63, 3.8) is 0 Å². The number of ether oxygens (including phenoxy) is 1. The zero-order valence-corrected chi connectivity index (χ0v) is 10.3. The second-order valence-electron chi connectivity index (χ2n) is 3.69. The van der Waals surface area contributed by atoms with Gasteiger partial charge in [-0.2, -0.15) is 0 Å². The molecule has 0 radical (unpaired) electrons. The fraction of sp³-hybridized carbons (Fsp3) is 0.0909. The van der Waals surface area contributed by atoms with Crippen LogP contribution in [0.15, 0.2) is 24.5 Å². The standard InChI is InChI=1S/C11H10FN5O3/c1-20-8-4-6(2-3-7(8)12)16-11-9(17(18)19)10(13)14-5-15-11/h2-5H,1H3,(H3,13,14,15,16). The Morgan fingerprint density at radius 2 is 2.20 bits per heavy atom. The summed E-state index contributed by atoms with van der Waals surface area (Å²) in [5.41, 5.74) is 5.36. The van der Waals surface area contributed by atoms with E-state index in [9.17, 15) is 14.5 Å². The highest BCUT2D eigenvalue weighted by Gasteiger charge is 2.21. The average Bonchev–Trinajstić information content (AvgIpc) is 2.40. The number of benzene rings is 1. The number of methoxy groups -OCH3 is 1. The zero-order chi connectivity index (χ0) is 14.7. The molecule has 0 aliphatic rings. The Morgan fingerprint density at radius 3 is 2.85 bits per heavy atom. The molecule has 0 amide bonds. The van der Waals surface area contributed by atoms with Crippen molar-refractivity contribution in [3.05, 3.63) is 40.5 Å². The second-order valence-corrected chi connectivity index (χ2v) is 3.69. The van der Waals surface area contributed by atoms with Gasteiger partial charge in [0.25, 0.3) is 0 Å². The molecule has 0 saturated heterocycles. The third-order valence-corrected chi connectivity index (χ3v) is 2.45. The largest absolute Gasteiger partial charge is 0.494 e. The van der Waals surface area contributed by atoms with Gasteiger partial charge in [-0.1, -0.05) is 0 Å². The van der Waals surface area contributed by atoms with Crippen molar-refractivity contribution in [1.82, 2.24) is 9.97 Å². The highest BCUT2D eigenvalue weighted by atomic mass is 19.1. The SMILES string of the molecule is COc1cc(Nc2ncnc(N)c2[N+](=O)[O-])ccc1F. The third-order valence-electron chi connectivity index (χ3n) is 2.45. The molecule has 8 nitrogen and oxygen atoms in total. The van der Waals surface area contributed by atoms with E-state index < -0.39 is 16.4 Å². The highest BCUT2D eigenvalue weighted by molar-refractivity contribution is 5.72. The Bertz CT molecular complexity index is 665. The molecule has 0 bridgehead atoms. The van der Waals surface area contributed by atoms with Crippen LogP contribution in [0.3, 0.4) is 0 Å². The van der Waals surface area contributed by atoms with Crippen LogP contribution < -0.4 is 15.8 Å². The molecule has 2 rings (SSSR count). The van der Waals surface area contributed by atoms with E-state index in [4.69, 9.17) is 10.5 Å². The van der Waals surface area contributed by atoms with Crippen LogP contribution in [0, 0.1) is 15.9 Å². The number of nitrogen functional groups attached to an aromatic ring is 1. The molecule has 3 N–H and O–H groups in total. The van der Waals surface area contributed by atoms with Gasteiger partial charge < -0.3 is 15.8 Å². The van der Waals surface area contributed by atoms with Gasteiger partial charge in [0.1, 0.15) is 6.33 Å². The van der Waals surface area contributed by atoms with Gasteiger partial charge in [0.05, 0.1) is 12.0 Å². The minimum Gasteiger partial charge on any atom is -0.494 e. The van der Waals surface area contributed by atoms with E-state index in [2.05, 4.69) is 15.3 Å². The van der Waals surface area contributed by atoms with Crippen molar-refractivity contribution in [2.45, 2.75) is 0 Å². The van der Waals surface area contributed by atoms with Crippen molar-refractivity contribution in [1.29, 1.82) is 0 Å². The van der Waals surface area contributed by atoms with Crippen LogP contribution in [0.2, 0.25) is 0 Å². The summed E-state index contributed by atoms with van der Waals surface area (Å²) in [6.45, 7) is 0. The van der Waals surface area contributed by atoms with Crippen LogP contribution in [0.1, 0.15) is 0 Å². The Labute approximate surface area is 112 Å². The van der Waals surface area contributed by atoms with E-state index in [0.29, 0.717) is 5.69 Å². The van der Waals surface area contributed by atoms with Crippen LogP contribution in [0.4, 0.5) is 27.4 Å². The molecule has 0 fully saturated rings. The molecule has 0 spiro atoms.